The zero-order valence-electron chi connectivity index (χ0n) is 24.3. The van der Waals surface area contributed by atoms with Gasteiger partial charge in [-0.15, -0.1) is 0 Å². The van der Waals surface area contributed by atoms with Crippen LogP contribution in [0.4, 0.5) is 52.7 Å². The maximum absolute atomic E-state index is 11.4. The Labute approximate surface area is 282 Å². The molecule has 0 spiro atoms. The van der Waals surface area contributed by atoms with Gasteiger partial charge in [0.05, 0.1) is 36.4 Å². The van der Waals surface area contributed by atoms with E-state index in [2.05, 4.69) is 0 Å². The van der Waals surface area contributed by atoms with Gasteiger partial charge in [-0.25, -0.2) is 33.7 Å². The van der Waals surface area contributed by atoms with Crippen molar-refractivity contribution >= 4 is 40.1 Å². The molecule has 33 heteroatoms. The first-order valence-electron chi connectivity index (χ1n) is 9.49. The Morgan fingerprint density at radius 2 is 0.408 bits per heavy atom. The second-order valence-electron chi connectivity index (χ2n) is 5.17. The largest absolute Gasteiger partial charge is 2.00 e. The van der Waals surface area contributed by atoms with E-state index in [0.717, 1.165) is 8.25 Å². The van der Waals surface area contributed by atoms with E-state index in [4.69, 9.17) is 31.6 Å². The summed E-state index contributed by atoms with van der Waals surface area (Å²) in [5, 5.41) is 43.9. The number of hydrogen-bond acceptors (Lipinski definition) is 14. The standard InChI is InChI=1S/2C2F6NO4S2.6C2H3N.Ni/c2*3-1(4,5)14(10,11)9-15(12,13)2(6,7)8;6*1-2-3;/h;;6*1H3;/q2*-1;;;;;;;+2. The second-order valence-corrected chi connectivity index (χ2v) is 12.0. The number of rotatable bonds is 4. The van der Waals surface area contributed by atoms with E-state index in [1.807, 2.05) is 0 Å². The van der Waals surface area contributed by atoms with Crippen LogP contribution in [0.5, 0.6) is 0 Å². The second kappa shape index (κ2) is 30.4. The molecule has 0 amide bonds. The molecule has 0 aromatic carbocycles. The molecule has 0 aromatic heterocycles. The van der Waals surface area contributed by atoms with Gasteiger partial charge in [-0.3, -0.25) is 0 Å². The summed E-state index contributed by atoms with van der Waals surface area (Å²) in [6.45, 7) is 8.58. The summed E-state index contributed by atoms with van der Waals surface area (Å²) in [5.41, 5.74) is -24.8. The van der Waals surface area contributed by atoms with Crippen molar-refractivity contribution in [2.75, 3.05) is 0 Å². The van der Waals surface area contributed by atoms with Gasteiger partial charge in [0.2, 0.25) is 0 Å². The van der Waals surface area contributed by atoms with Gasteiger partial charge in [-0.05, 0) is 0 Å². The normalized spacial score (nSPS) is 10.4. The van der Waals surface area contributed by atoms with Crippen molar-refractivity contribution in [3.8, 4) is 36.4 Å². The molecule has 0 N–H and O–H groups in total. The van der Waals surface area contributed by atoms with Gasteiger partial charge in [0.15, 0.2) is 40.1 Å². The van der Waals surface area contributed by atoms with Crippen LogP contribution in [0.25, 0.3) is 8.25 Å². The minimum atomic E-state index is -6.72. The molecule has 0 aliphatic carbocycles. The molecule has 0 heterocycles. The summed E-state index contributed by atoms with van der Waals surface area (Å²) in [5.74, 6) is 0. The average Bonchev–Trinajstić information content (AvgIpc) is 2.78. The first-order valence-corrected chi connectivity index (χ1v) is 15.2. The van der Waals surface area contributed by atoms with Gasteiger partial charge in [0.25, 0.3) is 0 Å². The molecule has 0 unspecified atom stereocenters. The summed E-state index contributed by atoms with van der Waals surface area (Å²) in [7, 11) is -26.9. The van der Waals surface area contributed by atoms with Crippen LogP contribution < -0.4 is 0 Å². The predicted octanol–water partition coefficient (Wildman–Crippen LogP) is 5.30. The van der Waals surface area contributed by atoms with Gasteiger partial charge in [-0.2, -0.15) is 84.3 Å². The number of nitrogens with zero attached hydrogens (tertiary/aromatic N) is 8. The molecule has 0 fully saturated rings. The van der Waals surface area contributed by atoms with Crippen LogP contribution in [0.3, 0.4) is 0 Å². The molecule has 0 aromatic rings. The average molecular weight is 865 g/mol. The van der Waals surface area contributed by atoms with Gasteiger partial charge < -0.3 is 8.25 Å². The third-order valence-electron chi connectivity index (χ3n) is 1.56. The quantitative estimate of drug-likeness (QED) is 0.256. The van der Waals surface area contributed by atoms with E-state index in [-0.39, 0.29) is 16.5 Å². The molecule has 0 aliphatic rings. The molecule has 0 bridgehead atoms. The van der Waals surface area contributed by atoms with Crippen molar-refractivity contribution in [3.05, 3.63) is 8.25 Å². The molecule has 49 heavy (non-hydrogen) atoms. The van der Waals surface area contributed by atoms with Crippen molar-refractivity contribution in [2.45, 2.75) is 63.6 Å². The van der Waals surface area contributed by atoms with Gasteiger partial charge in [-0.1, -0.05) is 0 Å². The smallest absolute Gasteiger partial charge is 0.421 e. The molecular formula is C16H18F12N8NiO8S4. The Morgan fingerprint density at radius 3 is 0.449 bits per heavy atom. The Kier molecular flexibility index (Phi) is 41.8. The maximum atomic E-state index is 11.4. The fraction of sp³-hybridized carbons (Fsp3) is 0.625. The van der Waals surface area contributed by atoms with E-state index in [1.165, 1.54) is 41.5 Å². The summed E-state index contributed by atoms with van der Waals surface area (Å²) < 4.78 is 218. The van der Waals surface area contributed by atoms with Crippen molar-refractivity contribution in [2.24, 2.45) is 0 Å². The number of hydrogen-bond donors (Lipinski definition) is 0. The van der Waals surface area contributed by atoms with Gasteiger partial charge in [0.1, 0.15) is 0 Å². The summed E-state index contributed by atoms with van der Waals surface area (Å²) in [6, 6.07) is 10.5. The number of nitriles is 6. The summed E-state index contributed by atoms with van der Waals surface area (Å²) >= 11 is 0. The number of halogens is 12. The van der Waals surface area contributed by atoms with Crippen molar-refractivity contribution in [3.63, 3.8) is 0 Å². The number of sulfonamides is 4. The molecule has 0 radical (unpaired) electrons. The van der Waals surface area contributed by atoms with E-state index in [9.17, 15) is 86.4 Å². The van der Waals surface area contributed by atoms with E-state index in [1.54, 1.807) is 36.4 Å². The molecule has 0 atom stereocenters. The zero-order chi connectivity index (χ0) is 41.7. The Morgan fingerprint density at radius 1 is 0.347 bits per heavy atom. The summed E-state index contributed by atoms with van der Waals surface area (Å²) in [4.78, 5) is 0. The molecule has 0 rings (SSSR count). The number of alkyl halides is 12. The fourth-order valence-electron chi connectivity index (χ4n) is 0.427. The van der Waals surface area contributed by atoms with Crippen LogP contribution in [0.2, 0.25) is 0 Å². The third-order valence-corrected chi connectivity index (χ3v) is 7.04. The van der Waals surface area contributed by atoms with Crippen LogP contribution in [-0.2, 0) is 56.6 Å². The molecular weight excluding hydrogens is 847 g/mol. The molecule has 0 saturated heterocycles. The van der Waals surface area contributed by atoms with Crippen molar-refractivity contribution < 1.29 is 103 Å². The van der Waals surface area contributed by atoms with Gasteiger partial charge in [0, 0.05) is 41.5 Å². The van der Waals surface area contributed by atoms with E-state index >= 15 is 0 Å². The summed E-state index contributed by atoms with van der Waals surface area (Å²) in [6.07, 6.45) is 0. The van der Waals surface area contributed by atoms with Crippen LogP contribution >= 0.6 is 0 Å². The van der Waals surface area contributed by atoms with Gasteiger partial charge >= 0.3 is 38.5 Å². The van der Waals surface area contributed by atoms with Crippen LogP contribution in [-0.4, -0.2) is 55.7 Å². The molecule has 0 aliphatic heterocycles. The zero-order valence-corrected chi connectivity index (χ0v) is 28.6. The third kappa shape index (κ3) is 40.4. The van der Waals surface area contributed by atoms with Crippen molar-refractivity contribution in [1.82, 2.24) is 0 Å². The molecule has 288 valence electrons. The molecule has 0 saturated carbocycles. The minimum Gasteiger partial charge on any atom is -0.421 e. The first kappa shape index (κ1) is 67.5. The van der Waals surface area contributed by atoms with E-state index in [0.29, 0.717) is 0 Å². The maximum Gasteiger partial charge on any atom is 2.00 e. The predicted molar refractivity (Wildman–Crippen MR) is 134 cm³/mol. The van der Waals surface area contributed by atoms with Crippen molar-refractivity contribution in [1.29, 1.82) is 31.6 Å². The Balaban J connectivity index is -0.0000000620. The fourth-order valence-corrected chi connectivity index (χ4v) is 3.85. The monoisotopic (exact) mass is 864 g/mol. The Bertz CT molecular complexity index is 1340. The van der Waals surface area contributed by atoms with E-state index < -0.39 is 62.1 Å². The first-order chi connectivity index (χ1) is 20.9. The minimum absolute atomic E-state index is 0. The van der Waals surface area contributed by atoms with Crippen LogP contribution in [0.15, 0.2) is 0 Å². The van der Waals surface area contributed by atoms with Crippen LogP contribution in [0, 0.1) is 68.0 Å². The Hall–Kier alpha value is -3.69. The van der Waals surface area contributed by atoms with Crippen LogP contribution in [0.1, 0.15) is 41.5 Å². The molecule has 16 nitrogen and oxygen atoms in total. The topological polar surface area (TPSA) is 307 Å². The SMILES string of the molecule is CC#N.CC#N.CC#N.CC#N.CC#N.CC#N.O=S(=O)([N-]S(=O)(=O)C(F)(F)F)C(F)(F)F.O=S(=O)([N-]S(=O)(=O)C(F)(F)F)C(F)(F)F.[Ni+2].